The molecule has 5 rings (SSSR count). The fourth-order valence-corrected chi connectivity index (χ4v) is 6.14. The normalized spacial score (nSPS) is 20.8. The van der Waals surface area contributed by atoms with E-state index in [1.807, 2.05) is 30.3 Å². The fraction of sp³-hybridized carbons (Fsp3) is 0.375. The molecule has 9 heteroatoms. The van der Waals surface area contributed by atoms with Gasteiger partial charge in [-0.15, -0.1) is 0 Å². The van der Waals surface area contributed by atoms with Gasteiger partial charge in [-0.1, -0.05) is 43.2 Å². The summed E-state index contributed by atoms with van der Waals surface area (Å²) in [5, 5.41) is 2.61. The van der Waals surface area contributed by atoms with Crippen LogP contribution in [0.3, 0.4) is 0 Å². The van der Waals surface area contributed by atoms with Crippen LogP contribution in [-0.4, -0.2) is 42.6 Å². The molecule has 3 aliphatic rings. The number of fused-ring (bicyclic) bond motifs is 3. The molecule has 1 fully saturated rings. The molecule has 1 aromatic heterocycles. The van der Waals surface area contributed by atoms with Gasteiger partial charge < -0.3 is 10.2 Å². The van der Waals surface area contributed by atoms with Crippen molar-refractivity contribution in [2.24, 2.45) is 0 Å². The van der Waals surface area contributed by atoms with Crippen molar-refractivity contribution in [3.05, 3.63) is 60.0 Å². The summed E-state index contributed by atoms with van der Waals surface area (Å²) in [6, 6.07) is 7.75. The highest BCUT2D eigenvalue weighted by Gasteiger charge is 2.29. The minimum Gasteiger partial charge on any atom is -0.324 e. The number of allylic oxidation sites excluding steroid dienone is 2. The van der Waals surface area contributed by atoms with E-state index in [1.165, 1.54) is 0 Å². The molecule has 1 aliphatic heterocycles. The summed E-state index contributed by atoms with van der Waals surface area (Å²) in [6.07, 6.45) is 11.6. The van der Waals surface area contributed by atoms with E-state index in [0.29, 0.717) is 12.4 Å². The molecule has 0 spiro atoms. The molecule has 1 amide bonds. The summed E-state index contributed by atoms with van der Waals surface area (Å²) >= 11 is 0. The summed E-state index contributed by atoms with van der Waals surface area (Å²) < 4.78 is 28.3. The monoisotopic (exact) mass is 465 g/mol. The highest BCUT2D eigenvalue weighted by Crippen LogP contribution is 2.35. The number of likely N-dealkylation sites (N-methyl/N-ethyl adjacent to an activating group) is 1. The molecule has 8 nitrogen and oxygen atoms in total. The molecule has 1 atom stereocenters. The molecule has 33 heavy (non-hydrogen) atoms. The van der Waals surface area contributed by atoms with Crippen LogP contribution in [-0.2, 0) is 21.2 Å². The molecule has 2 heterocycles. The number of hydrogen-bond acceptors (Lipinski definition) is 6. The van der Waals surface area contributed by atoms with Gasteiger partial charge in [-0.25, -0.2) is 23.1 Å². The maximum absolute atomic E-state index is 12.7. The third kappa shape index (κ3) is 4.43. The maximum Gasteiger partial charge on any atom is 0.231 e. The maximum atomic E-state index is 12.7. The van der Waals surface area contributed by atoms with Gasteiger partial charge >= 0.3 is 0 Å². The second-order valence-electron chi connectivity index (χ2n) is 8.78. The van der Waals surface area contributed by atoms with E-state index in [9.17, 15) is 13.2 Å². The Kier molecular flexibility index (Phi) is 5.76. The Balaban J connectivity index is 1.33. The number of rotatable bonds is 5. The van der Waals surface area contributed by atoms with Crippen molar-refractivity contribution in [3.8, 4) is 11.3 Å². The Bertz CT molecular complexity index is 1250. The van der Waals surface area contributed by atoms with Crippen LogP contribution < -0.4 is 14.9 Å². The molecular formula is C24H27N5O3S. The minimum atomic E-state index is -3.40. The van der Waals surface area contributed by atoms with E-state index in [4.69, 9.17) is 4.98 Å². The highest BCUT2D eigenvalue weighted by atomic mass is 32.2. The van der Waals surface area contributed by atoms with E-state index in [-0.39, 0.29) is 18.4 Å². The largest absolute Gasteiger partial charge is 0.324 e. The lowest BCUT2D eigenvalue weighted by Gasteiger charge is -2.20. The third-order valence-electron chi connectivity index (χ3n) is 6.50. The molecule has 2 aliphatic carbocycles. The van der Waals surface area contributed by atoms with Crippen LogP contribution in [0.15, 0.2) is 54.4 Å². The summed E-state index contributed by atoms with van der Waals surface area (Å²) in [5.41, 5.74) is 3.94. The number of benzene rings is 1. The first-order valence-electron chi connectivity index (χ1n) is 11.3. The van der Waals surface area contributed by atoms with Crippen molar-refractivity contribution < 1.29 is 13.2 Å². The third-order valence-corrected chi connectivity index (χ3v) is 8.31. The van der Waals surface area contributed by atoms with Gasteiger partial charge in [0.2, 0.25) is 21.9 Å². The minimum absolute atomic E-state index is 0.0121. The van der Waals surface area contributed by atoms with Crippen molar-refractivity contribution in [1.29, 1.82) is 0 Å². The Morgan fingerprint density at radius 1 is 1.15 bits per heavy atom. The van der Waals surface area contributed by atoms with Crippen LogP contribution in [0.1, 0.15) is 37.7 Å². The van der Waals surface area contributed by atoms with Crippen molar-refractivity contribution in [2.75, 3.05) is 17.3 Å². The topological polar surface area (TPSA) is 104 Å². The van der Waals surface area contributed by atoms with Gasteiger partial charge in [-0.05, 0) is 31.4 Å². The summed E-state index contributed by atoms with van der Waals surface area (Å²) in [5.74, 6) is 0.392. The number of amides is 1. The smallest absolute Gasteiger partial charge is 0.231 e. The number of para-hydroxylation sites is 1. The van der Waals surface area contributed by atoms with Crippen LogP contribution in [0.2, 0.25) is 0 Å². The first-order valence-corrected chi connectivity index (χ1v) is 12.8. The number of nitrogens with zero attached hydrogens (tertiary/aromatic N) is 3. The SMILES string of the molecule is CN1C(=O)Cc2cnc(NC3=CCC(S(=O)(=O)NC4CCCC4)C=C3)nc2-c2ccccc21. The number of carbonyl (C=O) groups is 1. The van der Waals surface area contributed by atoms with Gasteiger partial charge in [0.05, 0.1) is 23.1 Å². The lowest BCUT2D eigenvalue weighted by Crippen LogP contribution is -2.39. The van der Waals surface area contributed by atoms with Crippen molar-refractivity contribution in [2.45, 2.75) is 49.8 Å². The van der Waals surface area contributed by atoms with Crippen molar-refractivity contribution in [3.63, 3.8) is 0 Å². The quantitative estimate of drug-likeness (QED) is 0.703. The van der Waals surface area contributed by atoms with E-state index in [2.05, 4.69) is 15.0 Å². The number of sulfonamides is 1. The van der Waals surface area contributed by atoms with E-state index < -0.39 is 15.3 Å². The molecule has 1 unspecified atom stereocenters. The molecule has 172 valence electrons. The van der Waals surface area contributed by atoms with E-state index in [0.717, 1.165) is 53.9 Å². The predicted octanol–water partition coefficient (Wildman–Crippen LogP) is 3.15. The number of anilines is 2. The van der Waals surface area contributed by atoms with Gasteiger partial charge in [0, 0.05) is 36.1 Å². The first kappa shape index (κ1) is 21.8. The van der Waals surface area contributed by atoms with Gasteiger partial charge in [0.25, 0.3) is 0 Å². The summed E-state index contributed by atoms with van der Waals surface area (Å²) in [7, 11) is -1.63. The summed E-state index contributed by atoms with van der Waals surface area (Å²) in [6.45, 7) is 0. The molecule has 1 aromatic carbocycles. The zero-order chi connectivity index (χ0) is 23.0. The zero-order valence-corrected chi connectivity index (χ0v) is 19.3. The molecular weight excluding hydrogens is 438 g/mol. The number of aromatic nitrogens is 2. The average molecular weight is 466 g/mol. The van der Waals surface area contributed by atoms with E-state index >= 15 is 0 Å². The Morgan fingerprint density at radius 3 is 2.70 bits per heavy atom. The second kappa shape index (κ2) is 8.72. The van der Waals surface area contributed by atoms with Crippen LogP contribution in [0.25, 0.3) is 11.3 Å². The first-order chi connectivity index (χ1) is 15.9. The second-order valence-corrected chi connectivity index (χ2v) is 10.7. The van der Waals surface area contributed by atoms with Gasteiger partial charge in [-0.2, -0.15) is 0 Å². The predicted molar refractivity (Wildman–Crippen MR) is 128 cm³/mol. The molecule has 0 radical (unpaired) electrons. The Hall–Kier alpha value is -3.04. The fourth-order valence-electron chi connectivity index (χ4n) is 4.63. The Morgan fingerprint density at radius 2 is 1.94 bits per heavy atom. The lowest BCUT2D eigenvalue weighted by atomic mass is 10.1. The molecule has 1 saturated carbocycles. The van der Waals surface area contributed by atoms with Crippen LogP contribution >= 0.6 is 0 Å². The van der Waals surface area contributed by atoms with Crippen LogP contribution in [0, 0.1) is 0 Å². The van der Waals surface area contributed by atoms with Gasteiger partial charge in [0.15, 0.2) is 0 Å². The summed E-state index contributed by atoms with van der Waals surface area (Å²) in [4.78, 5) is 23.3. The molecule has 0 saturated heterocycles. The molecule has 2 aromatic rings. The zero-order valence-electron chi connectivity index (χ0n) is 18.5. The molecule has 0 bridgehead atoms. The lowest BCUT2D eigenvalue weighted by molar-refractivity contribution is -0.117. The van der Waals surface area contributed by atoms with Crippen molar-refractivity contribution in [1.82, 2.24) is 14.7 Å². The average Bonchev–Trinajstić information content (AvgIpc) is 3.29. The number of carbonyl (C=O) groups excluding carboxylic acids is 1. The van der Waals surface area contributed by atoms with E-state index in [1.54, 1.807) is 30.3 Å². The van der Waals surface area contributed by atoms with Gasteiger partial charge in [0.1, 0.15) is 0 Å². The van der Waals surface area contributed by atoms with Gasteiger partial charge in [-0.3, -0.25) is 4.79 Å². The van der Waals surface area contributed by atoms with Crippen molar-refractivity contribution >= 4 is 27.6 Å². The standard InChI is InChI=1S/C24H27N5O3S/c1-29-21-9-5-4-8-20(21)23-16(14-22(29)30)15-25-24(27-23)26-17-10-12-19(13-11-17)33(31,32)28-18-6-2-3-7-18/h4-5,8-12,15,18-19,28H,2-3,6-7,13-14H2,1H3,(H,25,26,27). The molecule has 2 N–H and O–H groups in total. The van der Waals surface area contributed by atoms with Crippen LogP contribution in [0.4, 0.5) is 11.6 Å². The number of nitrogens with one attached hydrogen (secondary N) is 2. The Labute approximate surface area is 193 Å². The highest BCUT2D eigenvalue weighted by molar-refractivity contribution is 7.90. The van der Waals surface area contributed by atoms with Crippen LogP contribution in [0.5, 0.6) is 0 Å². The number of hydrogen-bond donors (Lipinski definition) is 2.